The fraction of sp³-hybridized carbons (Fsp3) is 0.909. The second-order valence-corrected chi connectivity index (χ2v) is 5.82. The predicted molar refractivity (Wildman–Crippen MR) is 62.5 cm³/mol. The number of alkyl halides is 1. The average molecular weight is 262 g/mol. The molecule has 1 aliphatic carbocycles. The third-order valence-corrected chi connectivity index (χ3v) is 4.43. The minimum Gasteiger partial charge on any atom is -0.344 e. The van der Waals surface area contributed by atoms with Crippen LogP contribution in [0.4, 0.5) is 0 Å². The molecular formula is C11H20BrNO. The van der Waals surface area contributed by atoms with Crippen molar-refractivity contribution >= 4 is 21.8 Å². The fourth-order valence-electron chi connectivity index (χ4n) is 1.59. The van der Waals surface area contributed by atoms with E-state index in [-0.39, 0.29) is 10.7 Å². The highest BCUT2D eigenvalue weighted by molar-refractivity contribution is 9.10. The largest absolute Gasteiger partial charge is 0.344 e. The molecular weight excluding hydrogens is 242 g/mol. The molecule has 1 saturated carbocycles. The highest BCUT2D eigenvalue weighted by Crippen LogP contribution is 2.38. The van der Waals surface area contributed by atoms with Crippen LogP contribution >= 0.6 is 15.9 Å². The lowest BCUT2D eigenvalue weighted by Crippen LogP contribution is -2.37. The molecule has 82 valence electrons. The normalized spacial score (nSPS) is 27.6. The molecule has 0 aromatic carbocycles. The van der Waals surface area contributed by atoms with E-state index in [1.165, 1.54) is 6.42 Å². The van der Waals surface area contributed by atoms with E-state index in [2.05, 4.69) is 36.7 Å². The van der Waals surface area contributed by atoms with Crippen LogP contribution in [0.15, 0.2) is 0 Å². The molecule has 3 heteroatoms. The summed E-state index contributed by atoms with van der Waals surface area (Å²) in [5.74, 6) is 2.15. The quantitative estimate of drug-likeness (QED) is 0.713. The molecule has 0 heterocycles. The highest BCUT2D eigenvalue weighted by atomic mass is 79.9. The summed E-state index contributed by atoms with van der Waals surface area (Å²) in [6.45, 7) is 7.29. The molecule has 0 saturated heterocycles. The van der Waals surface area contributed by atoms with E-state index in [1.54, 1.807) is 0 Å². The van der Waals surface area contributed by atoms with Crippen LogP contribution in [-0.2, 0) is 4.79 Å². The zero-order valence-electron chi connectivity index (χ0n) is 9.46. The third-order valence-electron chi connectivity index (χ3n) is 2.98. The monoisotopic (exact) mass is 261 g/mol. The van der Waals surface area contributed by atoms with Gasteiger partial charge in [0.15, 0.2) is 0 Å². The van der Waals surface area contributed by atoms with E-state index < -0.39 is 0 Å². The van der Waals surface area contributed by atoms with Crippen LogP contribution in [0.5, 0.6) is 0 Å². The Hall–Kier alpha value is -0.0500. The van der Waals surface area contributed by atoms with Crippen LogP contribution in [0.3, 0.4) is 0 Å². The zero-order valence-corrected chi connectivity index (χ0v) is 11.0. The van der Waals surface area contributed by atoms with Gasteiger partial charge in [0.05, 0.1) is 4.83 Å². The Labute approximate surface area is 95.2 Å². The van der Waals surface area contributed by atoms with Crippen LogP contribution in [0.2, 0.25) is 0 Å². The van der Waals surface area contributed by atoms with Gasteiger partial charge in [0.2, 0.25) is 5.91 Å². The minimum atomic E-state index is -0.0263. The second kappa shape index (κ2) is 4.65. The molecule has 2 nitrogen and oxygen atoms in total. The fourth-order valence-corrected chi connectivity index (χ4v) is 1.94. The Kier molecular flexibility index (Phi) is 3.99. The van der Waals surface area contributed by atoms with E-state index >= 15 is 0 Å². The van der Waals surface area contributed by atoms with Crippen LogP contribution in [0.1, 0.15) is 27.2 Å². The number of carbonyl (C=O) groups excluding carboxylic acids is 1. The molecule has 0 aromatic rings. The van der Waals surface area contributed by atoms with Gasteiger partial charge in [0, 0.05) is 13.6 Å². The summed E-state index contributed by atoms with van der Waals surface area (Å²) >= 11 is 3.44. The minimum absolute atomic E-state index is 0.0263. The number of hydrogen-bond donors (Lipinski definition) is 0. The Morgan fingerprint density at radius 1 is 1.57 bits per heavy atom. The number of carbonyl (C=O) groups is 1. The number of hydrogen-bond acceptors (Lipinski definition) is 1. The first kappa shape index (κ1) is 12.0. The van der Waals surface area contributed by atoms with E-state index in [0.29, 0.717) is 5.92 Å². The van der Waals surface area contributed by atoms with Gasteiger partial charge >= 0.3 is 0 Å². The number of amides is 1. The van der Waals surface area contributed by atoms with Crippen molar-refractivity contribution in [1.29, 1.82) is 0 Å². The lowest BCUT2D eigenvalue weighted by Gasteiger charge is -2.22. The number of rotatable bonds is 4. The molecule has 0 aliphatic heterocycles. The maximum atomic E-state index is 11.8. The van der Waals surface area contributed by atoms with Gasteiger partial charge in [0.25, 0.3) is 0 Å². The second-order valence-electron chi connectivity index (χ2n) is 4.84. The van der Waals surface area contributed by atoms with Gasteiger partial charge in [-0.25, -0.2) is 0 Å². The Morgan fingerprint density at radius 3 is 2.43 bits per heavy atom. The Balaban J connectivity index is 2.36. The molecule has 3 atom stereocenters. The first-order chi connectivity index (χ1) is 6.43. The maximum absolute atomic E-state index is 11.8. The van der Waals surface area contributed by atoms with Gasteiger partial charge in [-0.15, -0.1) is 0 Å². The van der Waals surface area contributed by atoms with Gasteiger partial charge in [0.1, 0.15) is 0 Å². The van der Waals surface area contributed by atoms with Crippen molar-refractivity contribution in [1.82, 2.24) is 4.90 Å². The summed E-state index contributed by atoms with van der Waals surface area (Å²) in [5.41, 5.74) is 0. The third kappa shape index (κ3) is 2.97. The zero-order chi connectivity index (χ0) is 10.9. The van der Waals surface area contributed by atoms with Gasteiger partial charge < -0.3 is 4.90 Å². The van der Waals surface area contributed by atoms with Crippen LogP contribution in [0, 0.1) is 17.8 Å². The van der Waals surface area contributed by atoms with E-state index in [9.17, 15) is 4.79 Å². The Bertz CT molecular complexity index is 217. The summed E-state index contributed by atoms with van der Waals surface area (Å²) in [7, 11) is 1.91. The summed E-state index contributed by atoms with van der Waals surface area (Å²) in [4.78, 5) is 13.7. The summed E-state index contributed by atoms with van der Waals surface area (Å²) in [6.07, 6.45) is 1.28. The van der Waals surface area contributed by atoms with Crippen LogP contribution < -0.4 is 0 Å². The molecule has 1 aliphatic rings. The van der Waals surface area contributed by atoms with E-state index in [0.717, 1.165) is 18.4 Å². The maximum Gasteiger partial charge on any atom is 0.236 e. The number of halogens is 1. The van der Waals surface area contributed by atoms with Crippen molar-refractivity contribution in [2.45, 2.75) is 32.0 Å². The first-order valence-corrected chi connectivity index (χ1v) is 6.24. The first-order valence-electron chi connectivity index (χ1n) is 5.32. The van der Waals surface area contributed by atoms with Crippen molar-refractivity contribution in [2.24, 2.45) is 17.8 Å². The van der Waals surface area contributed by atoms with Gasteiger partial charge in [-0.05, 0) is 24.2 Å². The van der Waals surface area contributed by atoms with E-state index in [4.69, 9.17) is 0 Å². The SMILES string of the molecule is CC(C)C(Br)C(=O)N(C)CC1CC1C. The summed E-state index contributed by atoms with van der Waals surface area (Å²) < 4.78 is 0. The molecule has 0 N–H and O–H groups in total. The average Bonchev–Trinajstić information content (AvgIpc) is 2.78. The lowest BCUT2D eigenvalue weighted by molar-refractivity contribution is -0.130. The molecule has 3 unspecified atom stereocenters. The van der Waals surface area contributed by atoms with Gasteiger partial charge in [-0.1, -0.05) is 36.7 Å². The smallest absolute Gasteiger partial charge is 0.236 e. The molecule has 0 spiro atoms. The molecule has 1 rings (SSSR count). The standard InChI is InChI=1S/C11H20BrNO/c1-7(2)10(12)11(14)13(4)6-9-5-8(9)3/h7-10H,5-6H2,1-4H3. The van der Waals surface area contributed by atoms with E-state index in [1.807, 2.05) is 11.9 Å². The topological polar surface area (TPSA) is 20.3 Å². The Morgan fingerprint density at radius 2 is 2.07 bits per heavy atom. The van der Waals surface area contributed by atoms with Gasteiger partial charge in [-0.2, -0.15) is 0 Å². The van der Waals surface area contributed by atoms with Crippen LogP contribution in [0.25, 0.3) is 0 Å². The molecule has 0 radical (unpaired) electrons. The highest BCUT2D eigenvalue weighted by Gasteiger charge is 2.35. The van der Waals surface area contributed by atoms with Crippen molar-refractivity contribution in [3.8, 4) is 0 Å². The predicted octanol–water partition coefficient (Wildman–Crippen LogP) is 2.52. The van der Waals surface area contributed by atoms with Crippen molar-refractivity contribution in [3.63, 3.8) is 0 Å². The summed E-state index contributed by atoms with van der Waals surface area (Å²) in [5, 5.41) is 0. The van der Waals surface area contributed by atoms with Crippen molar-refractivity contribution < 1.29 is 4.79 Å². The number of nitrogens with zero attached hydrogens (tertiary/aromatic N) is 1. The van der Waals surface area contributed by atoms with Crippen LogP contribution in [-0.4, -0.2) is 29.2 Å². The molecule has 1 amide bonds. The lowest BCUT2D eigenvalue weighted by atomic mass is 10.1. The molecule has 0 bridgehead atoms. The van der Waals surface area contributed by atoms with Gasteiger partial charge in [-0.3, -0.25) is 4.79 Å². The molecule has 0 aromatic heterocycles. The summed E-state index contributed by atoms with van der Waals surface area (Å²) in [6, 6.07) is 0. The van der Waals surface area contributed by atoms with Crippen molar-refractivity contribution in [3.05, 3.63) is 0 Å². The molecule has 1 fully saturated rings. The molecule has 14 heavy (non-hydrogen) atoms. The van der Waals surface area contributed by atoms with Crippen molar-refractivity contribution in [2.75, 3.05) is 13.6 Å².